The SMILES string of the molecule is Cc1ccccc1NC(=O)[C@H]1CCCCN1.Cl. The minimum atomic E-state index is -0.0200. The summed E-state index contributed by atoms with van der Waals surface area (Å²) >= 11 is 0. The molecule has 2 rings (SSSR count). The topological polar surface area (TPSA) is 41.1 Å². The summed E-state index contributed by atoms with van der Waals surface area (Å²) in [5, 5.41) is 6.22. The van der Waals surface area contributed by atoms with Crippen LogP contribution in [0.5, 0.6) is 0 Å². The van der Waals surface area contributed by atoms with Crippen molar-refractivity contribution in [3.8, 4) is 0 Å². The second-order valence-electron chi connectivity index (χ2n) is 4.31. The Bertz CT molecular complexity index is 375. The van der Waals surface area contributed by atoms with E-state index in [1.54, 1.807) is 0 Å². The summed E-state index contributed by atoms with van der Waals surface area (Å²) in [7, 11) is 0. The maximum absolute atomic E-state index is 11.9. The van der Waals surface area contributed by atoms with Crippen LogP contribution < -0.4 is 10.6 Å². The monoisotopic (exact) mass is 254 g/mol. The van der Waals surface area contributed by atoms with Crippen molar-refractivity contribution in [3.05, 3.63) is 29.8 Å². The molecule has 0 aromatic heterocycles. The van der Waals surface area contributed by atoms with Gasteiger partial charge >= 0.3 is 0 Å². The standard InChI is InChI=1S/C13H18N2O.ClH/c1-10-6-2-3-7-11(10)15-13(16)12-8-4-5-9-14-12;/h2-3,6-7,12,14H,4-5,8-9H2,1H3,(H,15,16);1H/t12-;/m1./s1. The number of nitrogens with one attached hydrogen (secondary N) is 2. The van der Waals surface area contributed by atoms with Gasteiger partial charge in [0.1, 0.15) is 0 Å². The van der Waals surface area contributed by atoms with E-state index >= 15 is 0 Å². The first-order valence-electron chi connectivity index (χ1n) is 5.87. The molecule has 0 saturated carbocycles. The third kappa shape index (κ3) is 3.72. The lowest BCUT2D eigenvalue weighted by molar-refractivity contribution is -0.118. The molecule has 1 heterocycles. The van der Waals surface area contributed by atoms with Crippen molar-refractivity contribution >= 4 is 24.0 Å². The lowest BCUT2D eigenvalue weighted by Gasteiger charge is -2.22. The highest BCUT2D eigenvalue weighted by atomic mass is 35.5. The highest BCUT2D eigenvalue weighted by molar-refractivity contribution is 5.95. The first-order chi connectivity index (χ1) is 7.77. The maximum Gasteiger partial charge on any atom is 0.241 e. The zero-order valence-electron chi connectivity index (χ0n) is 10.0. The van der Waals surface area contributed by atoms with E-state index in [-0.39, 0.29) is 24.4 Å². The number of halogens is 1. The molecule has 1 aromatic rings. The Morgan fingerprint density at radius 3 is 2.76 bits per heavy atom. The molecule has 17 heavy (non-hydrogen) atoms. The predicted octanol–water partition coefficient (Wildman–Crippen LogP) is 2.50. The van der Waals surface area contributed by atoms with Crippen LogP contribution in [-0.4, -0.2) is 18.5 Å². The molecule has 3 nitrogen and oxygen atoms in total. The van der Waals surface area contributed by atoms with E-state index in [4.69, 9.17) is 0 Å². The molecular formula is C13H19ClN2O. The highest BCUT2D eigenvalue weighted by Crippen LogP contribution is 2.15. The van der Waals surface area contributed by atoms with E-state index in [0.717, 1.165) is 30.6 Å². The number of amides is 1. The normalized spacial score (nSPS) is 19.2. The lowest BCUT2D eigenvalue weighted by atomic mass is 10.0. The van der Waals surface area contributed by atoms with Crippen molar-refractivity contribution in [1.82, 2.24) is 5.32 Å². The van der Waals surface area contributed by atoms with Crippen LogP contribution in [0.2, 0.25) is 0 Å². The third-order valence-corrected chi connectivity index (χ3v) is 3.03. The van der Waals surface area contributed by atoms with E-state index < -0.39 is 0 Å². The first kappa shape index (κ1) is 14.0. The van der Waals surface area contributed by atoms with Crippen molar-refractivity contribution in [2.24, 2.45) is 0 Å². The lowest BCUT2D eigenvalue weighted by Crippen LogP contribution is -2.43. The van der Waals surface area contributed by atoms with Crippen molar-refractivity contribution in [3.63, 3.8) is 0 Å². The minimum Gasteiger partial charge on any atom is -0.324 e. The Hall–Kier alpha value is -1.06. The number of benzene rings is 1. The largest absolute Gasteiger partial charge is 0.324 e. The minimum absolute atomic E-state index is 0. The summed E-state index contributed by atoms with van der Waals surface area (Å²) < 4.78 is 0. The second kappa shape index (κ2) is 6.62. The van der Waals surface area contributed by atoms with Crippen LogP contribution >= 0.6 is 12.4 Å². The van der Waals surface area contributed by atoms with Crippen LogP contribution in [0.3, 0.4) is 0 Å². The summed E-state index contributed by atoms with van der Waals surface area (Å²) in [5.41, 5.74) is 2.02. The average Bonchev–Trinajstić information content (AvgIpc) is 2.33. The van der Waals surface area contributed by atoms with Crippen LogP contribution in [-0.2, 0) is 4.79 Å². The quantitative estimate of drug-likeness (QED) is 0.852. The van der Waals surface area contributed by atoms with Gasteiger partial charge in [0.15, 0.2) is 0 Å². The molecule has 4 heteroatoms. The van der Waals surface area contributed by atoms with Gasteiger partial charge in [-0.2, -0.15) is 0 Å². The Labute approximate surface area is 108 Å². The molecule has 0 radical (unpaired) electrons. The van der Waals surface area contributed by atoms with Gasteiger partial charge in [-0.15, -0.1) is 12.4 Å². The number of carbonyl (C=O) groups is 1. The van der Waals surface area contributed by atoms with E-state index in [1.807, 2.05) is 31.2 Å². The molecule has 0 spiro atoms. The zero-order valence-corrected chi connectivity index (χ0v) is 10.8. The number of hydrogen-bond acceptors (Lipinski definition) is 2. The van der Waals surface area contributed by atoms with Crippen LogP contribution in [0.1, 0.15) is 24.8 Å². The molecular weight excluding hydrogens is 236 g/mol. The molecule has 0 unspecified atom stereocenters. The smallest absolute Gasteiger partial charge is 0.241 e. The van der Waals surface area contributed by atoms with Crippen molar-refractivity contribution in [2.45, 2.75) is 32.2 Å². The Morgan fingerprint density at radius 1 is 1.35 bits per heavy atom. The maximum atomic E-state index is 11.9. The van der Waals surface area contributed by atoms with Crippen molar-refractivity contribution < 1.29 is 4.79 Å². The summed E-state index contributed by atoms with van der Waals surface area (Å²) in [4.78, 5) is 11.9. The Balaban J connectivity index is 0.00000144. The average molecular weight is 255 g/mol. The molecule has 1 fully saturated rings. The third-order valence-electron chi connectivity index (χ3n) is 3.03. The van der Waals surface area contributed by atoms with Crippen LogP contribution in [0, 0.1) is 6.92 Å². The molecule has 2 N–H and O–H groups in total. The number of carbonyl (C=O) groups excluding carboxylic acids is 1. The Kier molecular flexibility index (Phi) is 5.45. The molecule has 1 aliphatic heterocycles. The van der Waals surface area contributed by atoms with E-state index in [1.165, 1.54) is 6.42 Å². The van der Waals surface area contributed by atoms with Gasteiger partial charge in [-0.05, 0) is 37.9 Å². The first-order valence-corrected chi connectivity index (χ1v) is 5.87. The number of hydrogen-bond donors (Lipinski definition) is 2. The van der Waals surface area contributed by atoms with Gasteiger partial charge in [0.25, 0.3) is 0 Å². The van der Waals surface area contributed by atoms with Crippen LogP contribution in [0.4, 0.5) is 5.69 Å². The van der Waals surface area contributed by atoms with Crippen LogP contribution in [0.15, 0.2) is 24.3 Å². The predicted molar refractivity (Wildman–Crippen MR) is 72.7 cm³/mol. The molecule has 1 atom stereocenters. The zero-order chi connectivity index (χ0) is 11.4. The van der Waals surface area contributed by atoms with Crippen LogP contribution in [0.25, 0.3) is 0 Å². The van der Waals surface area contributed by atoms with Gasteiger partial charge in [-0.3, -0.25) is 4.79 Å². The van der Waals surface area contributed by atoms with E-state index in [9.17, 15) is 4.79 Å². The summed E-state index contributed by atoms with van der Waals surface area (Å²) in [5.74, 6) is 0.0917. The fraction of sp³-hybridized carbons (Fsp3) is 0.462. The number of anilines is 1. The van der Waals surface area contributed by atoms with Gasteiger partial charge in [0, 0.05) is 5.69 Å². The molecule has 0 bridgehead atoms. The van der Waals surface area contributed by atoms with Crippen molar-refractivity contribution in [2.75, 3.05) is 11.9 Å². The summed E-state index contributed by atoms with van der Waals surface area (Å²) in [6, 6.07) is 7.84. The number of rotatable bonds is 2. The van der Waals surface area contributed by atoms with Gasteiger partial charge < -0.3 is 10.6 Å². The molecule has 1 aromatic carbocycles. The molecule has 1 saturated heterocycles. The molecule has 1 aliphatic rings. The molecule has 0 aliphatic carbocycles. The molecule has 94 valence electrons. The highest BCUT2D eigenvalue weighted by Gasteiger charge is 2.20. The fourth-order valence-electron chi connectivity index (χ4n) is 2.01. The number of para-hydroxylation sites is 1. The van der Waals surface area contributed by atoms with Gasteiger partial charge in [-0.25, -0.2) is 0 Å². The van der Waals surface area contributed by atoms with Gasteiger partial charge in [0.2, 0.25) is 5.91 Å². The van der Waals surface area contributed by atoms with Crippen molar-refractivity contribution in [1.29, 1.82) is 0 Å². The van der Waals surface area contributed by atoms with Gasteiger partial charge in [0.05, 0.1) is 6.04 Å². The molecule has 1 amide bonds. The number of aryl methyl sites for hydroxylation is 1. The fourth-order valence-corrected chi connectivity index (χ4v) is 2.01. The number of piperidine rings is 1. The Morgan fingerprint density at radius 2 is 2.12 bits per heavy atom. The van der Waals surface area contributed by atoms with E-state index in [2.05, 4.69) is 10.6 Å². The van der Waals surface area contributed by atoms with Gasteiger partial charge in [-0.1, -0.05) is 24.6 Å². The van der Waals surface area contributed by atoms with E-state index in [0.29, 0.717) is 0 Å². The second-order valence-corrected chi connectivity index (χ2v) is 4.31. The summed E-state index contributed by atoms with van der Waals surface area (Å²) in [6.45, 7) is 2.95. The summed E-state index contributed by atoms with van der Waals surface area (Å²) in [6.07, 6.45) is 3.25.